The van der Waals surface area contributed by atoms with Crippen LogP contribution in [-0.2, 0) is 26.4 Å². The molecule has 1 fully saturated rings. The Hall–Kier alpha value is -3.26. The van der Waals surface area contributed by atoms with Crippen LogP contribution in [0.1, 0.15) is 49.7 Å². The number of aromatic nitrogens is 3. The van der Waals surface area contributed by atoms with Crippen molar-refractivity contribution >= 4 is 43.5 Å². The topological polar surface area (TPSA) is 135 Å². The second kappa shape index (κ2) is 11.9. The molecule has 1 aromatic carbocycles. The molecular formula is C28H30BrN3O8S. The molecule has 1 saturated heterocycles. The molecule has 13 heteroatoms. The Morgan fingerprint density at radius 2 is 2.02 bits per heavy atom. The van der Waals surface area contributed by atoms with Crippen LogP contribution in [0.2, 0.25) is 0 Å². The Balaban J connectivity index is 1.72. The van der Waals surface area contributed by atoms with E-state index in [1.165, 1.54) is 42.2 Å². The van der Waals surface area contributed by atoms with Crippen molar-refractivity contribution < 1.29 is 28.5 Å². The van der Waals surface area contributed by atoms with Gasteiger partial charge in [0.25, 0.3) is 5.56 Å². The molecule has 2 atom stereocenters. The minimum absolute atomic E-state index is 0.00516. The van der Waals surface area contributed by atoms with Gasteiger partial charge in [0.05, 0.1) is 23.7 Å². The van der Waals surface area contributed by atoms with Crippen molar-refractivity contribution in [3.8, 4) is 17.2 Å². The minimum atomic E-state index is -1.84. The van der Waals surface area contributed by atoms with E-state index in [9.17, 15) is 19.5 Å². The number of nitrogens with zero attached hydrogens (tertiary/aromatic N) is 3. The van der Waals surface area contributed by atoms with Crippen molar-refractivity contribution in [1.82, 2.24) is 14.1 Å². The lowest BCUT2D eigenvalue weighted by Crippen LogP contribution is -2.52. The molecule has 1 aliphatic rings. The fraction of sp³-hybridized carbons (Fsp3) is 0.429. The van der Waals surface area contributed by atoms with Gasteiger partial charge in [0.15, 0.2) is 6.29 Å². The zero-order valence-electron chi connectivity index (χ0n) is 22.8. The van der Waals surface area contributed by atoms with Crippen LogP contribution in [0, 0.1) is 6.92 Å². The molecule has 3 aromatic heterocycles. The lowest BCUT2D eigenvalue weighted by atomic mass is 10.0. The first-order chi connectivity index (χ1) is 19.6. The first-order valence-electron chi connectivity index (χ1n) is 13.1. The molecule has 1 aliphatic heterocycles. The molecule has 41 heavy (non-hydrogen) atoms. The molecule has 0 bridgehead atoms. The molecule has 11 nitrogen and oxygen atoms in total. The summed E-state index contributed by atoms with van der Waals surface area (Å²) in [6.07, 6.45) is 4.30. The average Bonchev–Trinajstić information content (AvgIpc) is 3.59. The molecule has 218 valence electrons. The second-order valence-corrected chi connectivity index (χ2v) is 11.9. The Kier molecular flexibility index (Phi) is 8.50. The van der Waals surface area contributed by atoms with E-state index in [1.807, 2.05) is 12.1 Å². The van der Waals surface area contributed by atoms with Gasteiger partial charge < -0.3 is 23.7 Å². The summed E-state index contributed by atoms with van der Waals surface area (Å²) in [6.45, 7) is 5.02. The maximum absolute atomic E-state index is 14.1. The number of halogens is 1. The van der Waals surface area contributed by atoms with Crippen LogP contribution in [0.25, 0.3) is 21.7 Å². The van der Waals surface area contributed by atoms with Crippen LogP contribution in [0.15, 0.2) is 50.7 Å². The molecule has 0 spiro atoms. The number of carboxylic acids is 1. The van der Waals surface area contributed by atoms with Gasteiger partial charge in [0.1, 0.15) is 34.0 Å². The molecular weight excluding hydrogens is 618 g/mol. The number of hydrogen-bond donors (Lipinski definition) is 1. The van der Waals surface area contributed by atoms with E-state index in [0.29, 0.717) is 39.6 Å². The number of thiophene rings is 1. The summed E-state index contributed by atoms with van der Waals surface area (Å²) >= 11 is 4.50. The lowest BCUT2D eigenvalue weighted by Gasteiger charge is -2.29. The normalized spacial score (nSPS) is 16.6. The van der Waals surface area contributed by atoms with Crippen LogP contribution < -0.4 is 16.0 Å². The van der Waals surface area contributed by atoms with Crippen LogP contribution in [0.5, 0.6) is 5.75 Å². The summed E-state index contributed by atoms with van der Waals surface area (Å²) in [4.78, 5) is 45.6. The van der Waals surface area contributed by atoms with E-state index >= 15 is 0 Å². The van der Waals surface area contributed by atoms with Gasteiger partial charge in [-0.3, -0.25) is 9.36 Å². The minimum Gasteiger partial charge on any atom is -0.482 e. The number of aliphatic carboxylic acids is 1. The summed E-state index contributed by atoms with van der Waals surface area (Å²) in [7, 11) is 0. The number of aryl methyl sites for hydroxylation is 1. The van der Waals surface area contributed by atoms with Crippen LogP contribution in [0.3, 0.4) is 0 Å². The predicted octanol–water partition coefficient (Wildman–Crippen LogP) is 5.02. The Morgan fingerprint density at radius 3 is 2.63 bits per heavy atom. The van der Waals surface area contributed by atoms with E-state index < -0.39 is 35.2 Å². The number of rotatable bonds is 10. The van der Waals surface area contributed by atoms with E-state index in [4.69, 9.17) is 18.6 Å². The zero-order chi connectivity index (χ0) is 29.3. The summed E-state index contributed by atoms with van der Waals surface area (Å²) in [5.41, 5.74) is -1.81. The Morgan fingerprint density at radius 1 is 1.27 bits per heavy atom. The predicted molar refractivity (Wildman–Crippen MR) is 156 cm³/mol. The Labute approximate surface area is 247 Å². The summed E-state index contributed by atoms with van der Waals surface area (Å²) in [5, 5.41) is 10.2. The monoisotopic (exact) mass is 647 g/mol. The molecule has 4 aromatic rings. The number of oxazole rings is 1. The van der Waals surface area contributed by atoms with Crippen molar-refractivity contribution in [3.63, 3.8) is 0 Å². The van der Waals surface area contributed by atoms with Gasteiger partial charge in [-0.25, -0.2) is 19.1 Å². The SMILES string of the molecule is Cc1sc2c(c1-c1ncco1)c(=O)n(C(C)(C)C(=O)O)c(=O)n2C[C@H](OC1CCCCO1)c1ccc(OCBr)cc1. The first-order valence-corrected chi connectivity index (χ1v) is 15.1. The van der Waals surface area contributed by atoms with Gasteiger partial charge in [-0.05, 0) is 73.7 Å². The Bertz CT molecular complexity index is 1650. The van der Waals surface area contributed by atoms with E-state index in [0.717, 1.165) is 23.0 Å². The van der Waals surface area contributed by atoms with Crippen molar-refractivity contribution in [2.45, 2.75) is 64.5 Å². The fourth-order valence-corrected chi connectivity index (χ4v) is 6.32. The highest BCUT2D eigenvalue weighted by Crippen LogP contribution is 2.37. The van der Waals surface area contributed by atoms with Crippen LogP contribution in [-0.4, -0.2) is 43.6 Å². The number of alkyl halides is 1. The third-order valence-electron chi connectivity index (χ3n) is 7.15. The molecule has 1 unspecified atom stereocenters. The number of carbonyl (C=O) groups is 1. The summed E-state index contributed by atoms with van der Waals surface area (Å²) in [6, 6.07) is 7.31. The molecule has 1 N–H and O–H groups in total. The highest BCUT2D eigenvalue weighted by Gasteiger charge is 2.36. The third-order valence-corrected chi connectivity index (χ3v) is 8.51. The van der Waals surface area contributed by atoms with Crippen molar-refractivity contribution in [1.29, 1.82) is 0 Å². The molecule has 0 amide bonds. The second-order valence-electron chi connectivity index (χ2n) is 10.2. The largest absolute Gasteiger partial charge is 0.482 e. The number of benzene rings is 1. The van der Waals surface area contributed by atoms with Gasteiger partial charge in [-0.1, -0.05) is 12.1 Å². The maximum Gasteiger partial charge on any atom is 0.333 e. The molecule has 0 saturated carbocycles. The number of fused-ring (bicyclic) bond motifs is 1. The van der Waals surface area contributed by atoms with E-state index in [-0.39, 0.29) is 17.8 Å². The smallest absolute Gasteiger partial charge is 0.333 e. The van der Waals surface area contributed by atoms with Gasteiger partial charge in [-0.15, -0.1) is 11.3 Å². The molecule has 0 aliphatic carbocycles. The summed E-state index contributed by atoms with van der Waals surface area (Å²) in [5.74, 6) is -0.460. The van der Waals surface area contributed by atoms with Crippen LogP contribution in [0.4, 0.5) is 0 Å². The van der Waals surface area contributed by atoms with Gasteiger partial charge in [0.2, 0.25) is 5.89 Å². The van der Waals surface area contributed by atoms with Crippen molar-refractivity contribution in [2.75, 3.05) is 12.1 Å². The number of hydrogen-bond acceptors (Lipinski definition) is 9. The fourth-order valence-electron chi connectivity index (χ4n) is 4.92. The van der Waals surface area contributed by atoms with Gasteiger partial charge in [0, 0.05) is 11.5 Å². The van der Waals surface area contributed by atoms with Crippen LogP contribution >= 0.6 is 27.3 Å². The number of carboxylic acid groups (broad SMARTS) is 1. The first kappa shape index (κ1) is 29.2. The zero-order valence-corrected chi connectivity index (χ0v) is 25.2. The van der Waals surface area contributed by atoms with E-state index in [2.05, 4.69) is 20.9 Å². The third kappa shape index (κ3) is 5.63. The molecule has 5 rings (SSSR count). The highest BCUT2D eigenvalue weighted by molar-refractivity contribution is 9.09. The molecule has 4 heterocycles. The van der Waals surface area contributed by atoms with E-state index in [1.54, 1.807) is 19.1 Å². The van der Waals surface area contributed by atoms with Crippen molar-refractivity contribution in [3.05, 3.63) is 68.0 Å². The standard InChI is InChI=1S/C28H30BrN3O8S/c1-16-21(23-30-11-13-38-23)22-24(33)32(28(2,3)26(34)35)27(36)31(25(22)41-16)14-19(40-20-6-4-5-12-37-20)17-7-9-18(10-8-17)39-15-29/h7-11,13,19-20H,4-6,12,14-15H2,1-3H3,(H,34,35)/t19-,20?/m0/s1. The van der Waals surface area contributed by atoms with Gasteiger partial charge >= 0.3 is 11.7 Å². The van der Waals surface area contributed by atoms with Gasteiger partial charge in [-0.2, -0.15) is 0 Å². The highest BCUT2D eigenvalue weighted by atomic mass is 79.9. The van der Waals surface area contributed by atoms with Crippen molar-refractivity contribution in [2.24, 2.45) is 0 Å². The maximum atomic E-state index is 14.1. The number of ether oxygens (including phenoxy) is 3. The average molecular weight is 649 g/mol. The molecule has 0 radical (unpaired) electrons. The quantitative estimate of drug-likeness (QED) is 0.235. The summed E-state index contributed by atoms with van der Waals surface area (Å²) < 4.78 is 25.5. The lowest BCUT2D eigenvalue weighted by molar-refractivity contribution is -0.192.